The van der Waals surface area contributed by atoms with Crippen molar-refractivity contribution in [1.82, 2.24) is 25.3 Å². The average molecular weight is 509 g/mol. The molecule has 2 aromatic heterocycles. The molecule has 10 heteroatoms. The van der Waals surface area contributed by atoms with Crippen LogP contribution in [0.15, 0.2) is 67.1 Å². The van der Waals surface area contributed by atoms with Gasteiger partial charge in [-0.1, -0.05) is 24.3 Å². The number of hydrogen-bond donors (Lipinski definition) is 3. The van der Waals surface area contributed by atoms with Crippen LogP contribution in [-0.2, 0) is 6.54 Å². The van der Waals surface area contributed by atoms with Gasteiger partial charge in [-0.25, -0.2) is 15.0 Å². The fraction of sp³-hybridized carbons (Fsp3) is 0.250. The van der Waals surface area contributed by atoms with Crippen LogP contribution < -0.4 is 25.8 Å². The Bertz CT molecular complexity index is 1420. The van der Waals surface area contributed by atoms with Crippen LogP contribution in [0.3, 0.4) is 0 Å². The number of nitriles is 1. The van der Waals surface area contributed by atoms with Gasteiger partial charge in [0.25, 0.3) is 0 Å². The van der Waals surface area contributed by atoms with E-state index in [2.05, 4.69) is 36.6 Å². The lowest BCUT2D eigenvalue weighted by atomic mass is 9.99. The first kappa shape index (κ1) is 24.9. The summed E-state index contributed by atoms with van der Waals surface area (Å²) in [6.45, 7) is 3.24. The minimum atomic E-state index is 0.252. The normalized spacial score (nSPS) is 13.4. The largest absolute Gasteiger partial charge is 0.490 e. The van der Waals surface area contributed by atoms with Crippen LogP contribution in [-0.4, -0.2) is 39.6 Å². The lowest BCUT2D eigenvalue weighted by Crippen LogP contribution is -2.30. The number of ether oxygens (including phenoxy) is 2. The van der Waals surface area contributed by atoms with Crippen molar-refractivity contribution >= 4 is 11.6 Å². The molecule has 10 nitrogen and oxygen atoms in total. The number of nitrogen functional groups attached to an aromatic ring is 1. The average Bonchev–Trinajstić information content (AvgIpc) is 2.97. The highest BCUT2D eigenvalue weighted by Gasteiger charge is 2.14. The van der Waals surface area contributed by atoms with Crippen LogP contribution >= 0.6 is 0 Å². The molecule has 4 aromatic rings. The van der Waals surface area contributed by atoms with Gasteiger partial charge in [0.1, 0.15) is 5.75 Å². The van der Waals surface area contributed by atoms with Crippen LogP contribution in [0.5, 0.6) is 17.4 Å². The molecule has 5 rings (SSSR count). The maximum atomic E-state index is 9.08. The highest BCUT2D eigenvalue weighted by Crippen LogP contribution is 2.24. The van der Waals surface area contributed by atoms with Crippen molar-refractivity contribution in [2.45, 2.75) is 19.4 Å². The van der Waals surface area contributed by atoms with Gasteiger partial charge in [0.05, 0.1) is 36.8 Å². The highest BCUT2D eigenvalue weighted by molar-refractivity contribution is 5.59. The Hall–Kier alpha value is -4.75. The number of benzene rings is 2. The van der Waals surface area contributed by atoms with E-state index >= 15 is 0 Å². The van der Waals surface area contributed by atoms with Gasteiger partial charge in [-0.15, -0.1) is 0 Å². The molecule has 0 amide bonds. The molecule has 0 bridgehead atoms. The third-order valence-electron chi connectivity index (χ3n) is 6.18. The molecule has 0 unspecified atom stereocenters. The molecular weight excluding hydrogens is 480 g/mol. The van der Waals surface area contributed by atoms with Crippen LogP contribution in [0.2, 0.25) is 0 Å². The fourth-order valence-corrected chi connectivity index (χ4v) is 4.12. The zero-order chi connectivity index (χ0) is 26.2. The van der Waals surface area contributed by atoms with E-state index in [1.165, 1.54) is 6.20 Å². The molecule has 1 saturated heterocycles. The first-order valence-electron chi connectivity index (χ1n) is 12.5. The van der Waals surface area contributed by atoms with Crippen LogP contribution in [0.25, 0.3) is 11.4 Å². The molecule has 0 spiro atoms. The Kier molecular flexibility index (Phi) is 7.86. The molecule has 1 aliphatic rings. The Morgan fingerprint density at radius 1 is 1.00 bits per heavy atom. The van der Waals surface area contributed by atoms with Gasteiger partial charge in [-0.2, -0.15) is 10.2 Å². The van der Waals surface area contributed by atoms with Crippen molar-refractivity contribution in [2.24, 2.45) is 5.92 Å². The summed E-state index contributed by atoms with van der Waals surface area (Å²) in [6, 6.07) is 16.8. The van der Waals surface area contributed by atoms with E-state index in [9.17, 15) is 0 Å². The number of hydrogen-bond acceptors (Lipinski definition) is 10. The zero-order valence-corrected chi connectivity index (χ0v) is 20.8. The summed E-state index contributed by atoms with van der Waals surface area (Å²) < 4.78 is 11.7. The van der Waals surface area contributed by atoms with Crippen LogP contribution in [0.4, 0.5) is 11.6 Å². The van der Waals surface area contributed by atoms with Crippen LogP contribution in [0.1, 0.15) is 24.0 Å². The molecule has 1 fully saturated rings. The second kappa shape index (κ2) is 12.0. The summed E-state index contributed by atoms with van der Waals surface area (Å²) in [7, 11) is 0. The van der Waals surface area contributed by atoms with Crippen molar-refractivity contribution in [3.05, 3.63) is 78.2 Å². The van der Waals surface area contributed by atoms with E-state index in [1.54, 1.807) is 36.7 Å². The van der Waals surface area contributed by atoms with Crippen molar-refractivity contribution < 1.29 is 9.47 Å². The molecule has 0 saturated carbocycles. The predicted octanol–water partition coefficient (Wildman–Crippen LogP) is 4.17. The topological polar surface area (TPSA) is 144 Å². The second-order valence-corrected chi connectivity index (χ2v) is 8.98. The number of rotatable bonds is 9. The highest BCUT2D eigenvalue weighted by atomic mass is 16.5. The first-order chi connectivity index (χ1) is 18.7. The lowest BCUT2D eigenvalue weighted by Gasteiger charge is -2.22. The SMILES string of the molecule is N#Cc1cccc(Oc2cnc(N)c(NCc3cccc(-c4ncc(OCC5CCNCC5)cn4)c3)n2)c1. The van der Waals surface area contributed by atoms with E-state index in [4.69, 9.17) is 20.5 Å². The lowest BCUT2D eigenvalue weighted by molar-refractivity contribution is 0.214. The van der Waals surface area contributed by atoms with Gasteiger partial charge >= 0.3 is 0 Å². The molecular formula is C28H28N8O2. The van der Waals surface area contributed by atoms with Gasteiger partial charge < -0.3 is 25.8 Å². The van der Waals surface area contributed by atoms with Crippen molar-refractivity contribution in [1.29, 1.82) is 5.26 Å². The Morgan fingerprint density at radius 3 is 2.63 bits per heavy atom. The molecule has 1 aliphatic heterocycles. The molecule has 0 aliphatic carbocycles. The molecule has 38 heavy (non-hydrogen) atoms. The van der Waals surface area contributed by atoms with Gasteiger partial charge in [-0.05, 0) is 61.7 Å². The summed E-state index contributed by atoms with van der Waals surface area (Å²) in [5, 5.41) is 15.7. The first-order valence-corrected chi connectivity index (χ1v) is 12.5. The molecule has 0 atom stereocenters. The third kappa shape index (κ3) is 6.52. The smallest absolute Gasteiger partial charge is 0.239 e. The summed E-state index contributed by atoms with van der Waals surface area (Å²) in [6.07, 6.45) is 7.15. The van der Waals surface area contributed by atoms with E-state index in [-0.39, 0.29) is 11.7 Å². The van der Waals surface area contributed by atoms with Crippen LogP contribution in [0, 0.1) is 17.2 Å². The van der Waals surface area contributed by atoms with Gasteiger partial charge in [0.2, 0.25) is 5.88 Å². The van der Waals surface area contributed by atoms with Gasteiger partial charge in [-0.3, -0.25) is 0 Å². The second-order valence-electron chi connectivity index (χ2n) is 8.98. The Labute approximate surface area is 220 Å². The zero-order valence-electron chi connectivity index (χ0n) is 20.8. The van der Waals surface area contributed by atoms with Crippen molar-refractivity contribution in [3.8, 4) is 34.8 Å². The maximum absolute atomic E-state index is 9.08. The minimum Gasteiger partial charge on any atom is -0.490 e. The van der Waals surface area contributed by atoms with E-state index in [1.807, 2.05) is 24.3 Å². The van der Waals surface area contributed by atoms with Crippen molar-refractivity contribution in [3.63, 3.8) is 0 Å². The quantitative estimate of drug-likeness (QED) is 0.301. The van der Waals surface area contributed by atoms with Crippen molar-refractivity contribution in [2.75, 3.05) is 30.7 Å². The van der Waals surface area contributed by atoms with Gasteiger partial charge in [0.15, 0.2) is 23.2 Å². The predicted molar refractivity (Wildman–Crippen MR) is 144 cm³/mol. The number of nitrogens with zero attached hydrogens (tertiary/aromatic N) is 5. The molecule has 4 N–H and O–H groups in total. The number of aromatic nitrogens is 4. The third-order valence-corrected chi connectivity index (χ3v) is 6.18. The summed E-state index contributed by atoms with van der Waals surface area (Å²) in [5.41, 5.74) is 8.41. The maximum Gasteiger partial charge on any atom is 0.239 e. The van der Waals surface area contributed by atoms with Gasteiger partial charge in [0, 0.05) is 12.1 Å². The minimum absolute atomic E-state index is 0.252. The Morgan fingerprint density at radius 2 is 1.82 bits per heavy atom. The molecule has 3 heterocycles. The summed E-state index contributed by atoms with van der Waals surface area (Å²) >= 11 is 0. The number of piperidine rings is 1. The number of nitrogens with one attached hydrogen (secondary N) is 2. The van der Waals surface area contributed by atoms with E-state index in [0.717, 1.165) is 37.1 Å². The monoisotopic (exact) mass is 508 g/mol. The molecule has 2 aromatic carbocycles. The fourth-order valence-electron chi connectivity index (χ4n) is 4.12. The molecule has 192 valence electrons. The Balaban J connectivity index is 1.20. The standard InChI is InChI=1S/C28H28N8O2/c29-13-20-3-2-6-23(12-20)38-25-17-32-26(30)28(36-25)33-14-21-4-1-5-22(11-21)27-34-15-24(16-35-27)37-18-19-7-9-31-10-8-19/h1-6,11-12,15-17,19,31H,7-10,14,18H2,(H2,30,32)(H,33,36). The van der Waals surface area contributed by atoms with E-state index in [0.29, 0.717) is 47.8 Å². The number of anilines is 2. The van der Waals surface area contributed by atoms with E-state index < -0.39 is 0 Å². The summed E-state index contributed by atoms with van der Waals surface area (Å²) in [5.74, 6) is 3.28. The number of nitrogens with two attached hydrogens (primary N) is 1. The molecule has 0 radical (unpaired) electrons. The summed E-state index contributed by atoms with van der Waals surface area (Å²) in [4.78, 5) is 17.6.